The second-order valence-electron chi connectivity index (χ2n) is 5.15. The van der Waals surface area contributed by atoms with Crippen molar-refractivity contribution in [3.8, 4) is 0 Å². The lowest BCUT2D eigenvalue weighted by Crippen LogP contribution is -2.33. The summed E-state index contributed by atoms with van der Waals surface area (Å²) in [4.78, 5) is 16.3. The molecule has 1 atom stereocenters. The lowest BCUT2D eigenvalue weighted by molar-refractivity contribution is -0.122. The van der Waals surface area contributed by atoms with Crippen molar-refractivity contribution in [2.45, 2.75) is 38.7 Å². The Hall–Kier alpha value is -1.14. The first-order chi connectivity index (χ1) is 9.79. The maximum atomic E-state index is 13.6. The van der Waals surface area contributed by atoms with Gasteiger partial charge in [0.2, 0.25) is 5.91 Å². The number of carbonyl (C=O) groups excluding carboxylic acids is 1. The van der Waals surface area contributed by atoms with Gasteiger partial charge in [-0.05, 0) is 42.8 Å². The van der Waals surface area contributed by atoms with Gasteiger partial charge in [-0.15, -0.1) is 11.6 Å². The predicted molar refractivity (Wildman–Crippen MR) is 84.9 cm³/mol. The van der Waals surface area contributed by atoms with Crippen LogP contribution in [0.15, 0.2) is 16.6 Å². The van der Waals surface area contributed by atoms with Crippen molar-refractivity contribution in [2.75, 3.05) is 0 Å². The smallest absolute Gasteiger partial charge is 0.240 e. The predicted octanol–water partition coefficient (Wildman–Crippen LogP) is 3.76. The third-order valence-corrected chi connectivity index (χ3v) is 3.73. The van der Waals surface area contributed by atoms with Crippen LogP contribution >= 0.6 is 27.5 Å². The van der Waals surface area contributed by atoms with Gasteiger partial charge in [-0.3, -0.25) is 4.79 Å². The summed E-state index contributed by atoms with van der Waals surface area (Å²) in [7, 11) is 0. The third kappa shape index (κ3) is 3.55. The number of hydrogen-bond donors (Lipinski definition) is 1. The zero-order valence-corrected chi connectivity index (χ0v) is 14.3. The zero-order valence-electron chi connectivity index (χ0n) is 12.0. The number of carbonyl (C=O) groups is 1. The van der Waals surface area contributed by atoms with Gasteiger partial charge in [0.05, 0.1) is 20.9 Å². The van der Waals surface area contributed by atoms with E-state index in [0.29, 0.717) is 21.3 Å². The van der Waals surface area contributed by atoms with Crippen LogP contribution in [0.3, 0.4) is 0 Å². The SMILES string of the molecule is CC(C)NC(=O)Cn1c(C(C)Cl)nc2cc(F)c(Br)cc21. The summed E-state index contributed by atoms with van der Waals surface area (Å²) < 4.78 is 15.7. The fourth-order valence-corrected chi connectivity index (χ4v) is 2.62. The van der Waals surface area contributed by atoms with Gasteiger partial charge < -0.3 is 9.88 Å². The maximum absolute atomic E-state index is 13.6. The van der Waals surface area contributed by atoms with Crippen LogP contribution in [0.2, 0.25) is 0 Å². The normalized spacial score (nSPS) is 12.9. The number of benzene rings is 1. The van der Waals surface area contributed by atoms with Gasteiger partial charge in [-0.2, -0.15) is 0 Å². The number of halogens is 3. The Morgan fingerprint density at radius 1 is 1.48 bits per heavy atom. The molecule has 1 amide bonds. The molecule has 0 aliphatic heterocycles. The zero-order chi connectivity index (χ0) is 15.7. The van der Waals surface area contributed by atoms with E-state index in [-0.39, 0.29) is 23.9 Å². The van der Waals surface area contributed by atoms with Crippen molar-refractivity contribution in [1.82, 2.24) is 14.9 Å². The molecule has 0 bridgehead atoms. The average molecular weight is 377 g/mol. The highest BCUT2D eigenvalue weighted by molar-refractivity contribution is 9.10. The van der Waals surface area contributed by atoms with Crippen LogP contribution < -0.4 is 5.32 Å². The molecule has 7 heteroatoms. The number of amides is 1. The number of nitrogens with zero attached hydrogens (tertiary/aromatic N) is 2. The van der Waals surface area contributed by atoms with E-state index in [2.05, 4.69) is 26.2 Å². The Morgan fingerprint density at radius 2 is 2.14 bits per heavy atom. The monoisotopic (exact) mass is 375 g/mol. The van der Waals surface area contributed by atoms with Gasteiger partial charge in [0.1, 0.15) is 18.2 Å². The van der Waals surface area contributed by atoms with Crippen LogP contribution in [0.5, 0.6) is 0 Å². The van der Waals surface area contributed by atoms with Crippen molar-refractivity contribution in [3.63, 3.8) is 0 Å². The Bertz CT molecular complexity index is 684. The van der Waals surface area contributed by atoms with Crippen molar-refractivity contribution in [1.29, 1.82) is 0 Å². The standard InChI is InChI=1S/C14H16BrClFN3O/c1-7(2)18-13(21)6-20-12-4-9(15)10(17)5-11(12)19-14(20)8(3)16/h4-5,7-8H,6H2,1-3H3,(H,18,21). The summed E-state index contributed by atoms with van der Waals surface area (Å²) >= 11 is 9.28. The molecule has 114 valence electrons. The molecule has 0 saturated heterocycles. The Morgan fingerprint density at radius 3 is 2.71 bits per heavy atom. The first-order valence-electron chi connectivity index (χ1n) is 6.58. The molecule has 1 aromatic heterocycles. The molecule has 0 spiro atoms. The van der Waals surface area contributed by atoms with Crippen molar-refractivity contribution in [3.05, 3.63) is 28.2 Å². The molecule has 1 heterocycles. The number of nitrogens with one attached hydrogen (secondary N) is 1. The quantitative estimate of drug-likeness (QED) is 0.826. The summed E-state index contributed by atoms with van der Waals surface area (Å²) in [5.41, 5.74) is 1.15. The van der Waals surface area contributed by atoms with Crippen LogP contribution in [0, 0.1) is 5.82 Å². The third-order valence-electron chi connectivity index (χ3n) is 2.93. The molecule has 0 radical (unpaired) electrons. The number of aromatic nitrogens is 2. The highest BCUT2D eigenvalue weighted by Crippen LogP contribution is 2.28. The lowest BCUT2D eigenvalue weighted by atomic mass is 10.3. The fraction of sp³-hybridized carbons (Fsp3) is 0.429. The van der Waals surface area contributed by atoms with Crippen LogP contribution in [0.1, 0.15) is 32.0 Å². The molecular weight excluding hydrogens is 361 g/mol. The van der Waals surface area contributed by atoms with Gasteiger partial charge in [0.15, 0.2) is 0 Å². The second-order valence-corrected chi connectivity index (χ2v) is 6.66. The van der Waals surface area contributed by atoms with Crippen LogP contribution in [0.4, 0.5) is 4.39 Å². The van der Waals surface area contributed by atoms with Crippen molar-refractivity contribution in [2.24, 2.45) is 0 Å². The van der Waals surface area contributed by atoms with Gasteiger partial charge in [0, 0.05) is 12.1 Å². The Kier molecular flexibility index (Phi) is 4.88. The highest BCUT2D eigenvalue weighted by Gasteiger charge is 2.19. The summed E-state index contributed by atoms with van der Waals surface area (Å²) in [6, 6.07) is 3.00. The molecule has 1 unspecified atom stereocenters. The molecule has 0 aliphatic rings. The lowest BCUT2D eigenvalue weighted by Gasteiger charge is -2.12. The second kappa shape index (κ2) is 6.32. The van der Waals surface area contributed by atoms with E-state index in [1.54, 1.807) is 17.6 Å². The molecule has 21 heavy (non-hydrogen) atoms. The number of rotatable bonds is 4. The topological polar surface area (TPSA) is 46.9 Å². The van der Waals surface area contributed by atoms with Crippen LogP contribution in [0.25, 0.3) is 11.0 Å². The summed E-state index contributed by atoms with van der Waals surface area (Å²) in [6.45, 7) is 5.64. The minimum Gasteiger partial charge on any atom is -0.352 e. The van der Waals surface area contributed by atoms with Gasteiger partial charge in [-0.25, -0.2) is 9.37 Å². The van der Waals surface area contributed by atoms with E-state index in [9.17, 15) is 9.18 Å². The molecule has 0 aliphatic carbocycles. The van der Waals surface area contributed by atoms with Gasteiger partial charge >= 0.3 is 0 Å². The van der Waals surface area contributed by atoms with E-state index >= 15 is 0 Å². The van der Waals surface area contributed by atoms with E-state index < -0.39 is 5.82 Å². The minimum absolute atomic E-state index is 0.0494. The number of imidazole rings is 1. The van der Waals surface area contributed by atoms with Gasteiger partial charge in [-0.1, -0.05) is 0 Å². The van der Waals surface area contributed by atoms with E-state index in [1.165, 1.54) is 6.07 Å². The molecule has 2 aromatic rings. The summed E-state index contributed by atoms with van der Waals surface area (Å²) in [6.07, 6.45) is 0. The molecular formula is C14H16BrClFN3O. The summed E-state index contributed by atoms with van der Waals surface area (Å²) in [5.74, 6) is 0.0129. The van der Waals surface area contributed by atoms with Gasteiger partial charge in [0.25, 0.3) is 0 Å². The fourth-order valence-electron chi connectivity index (χ4n) is 2.12. The first-order valence-corrected chi connectivity index (χ1v) is 7.81. The number of hydrogen-bond acceptors (Lipinski definition) is 2. The molecule has 0 fully saturated rings. The molecule has 2 rings (SSSR count). The van der Waals surface area contributed by atoms with Crippen molar-refractivity contribution >= 4 is 44.5 Å². The maximum Gasteiger partial charge on any atom is 0.240 e. The van der Waals surface area contributed by atoms with E-state index in [1.807, 2.05) is 13.8 Å². The van der Waals surface area contributed by atoms with E-state index in [4.69, 9.17) is 11.6 Å². The molecule has 4 nitrogen and oxygen atoms in total. The van der Waals surface area contributed by atoms with Crippen LogP contribution in [-0.2, 0) is 11.3 Å². The summed E-state index contributed by atoms with van der Waals surface area (Å²) in [5, 5.41) is 2.44. The minimum atomic E-state index is -0.396. The Labute approximate surface area is 135 Å². The molecule has 1 aromatic carbocycles. The number of fused-ring (bicyclic) bond motifs is 1. The van der Waals surface area contributed by atoms with Crippen molar-refractivity contribution < 1.29 is 9.18 Å². The largest absolute Gasteiger partial charge is 0.352 e. The Balaban J connectivity index is 2.50. The highest BCUT2D eigenvalue weighted by atomic mass is 79.9. The average Bonchev–Trinajstić information content (AvgIpc) is 2.67. The van der Waals surface area contributed by atoms with Crippen LogP contribution in [-0.4, -0.2) is 21.5 Å². The first kappa shape index (κ1) is 16.2. The molecule has 1 N–H and O–H groups in total. The number of alkyl halides is 1. The van der Waals surface area contributed by atoms with E-state index in [0.717, 1.165) is 0 Å². The molecule has 0 saturated carbocycles.